The van der Waals surface area contributed by atoms with Crippen LogP contribution < -0.4 is 20.3 Å². The van der Waals surface area contributed by atoms with Gasteiger partial charge in [-0.05, 0) is 49.7 Å². The van der Waals surface area contributed by atoms with E-state index in [2.05, 4.69) is 15.5 Å². The van der Waals surface area contributed by atoms with Crippen molar-refractivity contribution in [3.8, 4) is 22.8 Å². The number of pyridine rings is 1. The minimum atomic E-state index is -0.437. The van der Waals surface area contributed by atoms with Crippen LogP contribution in [0, 0.1) is 13.8 Å². The van der Waals surface area contributed by atoms with Crippen LogP contribution in [0.1, 0.15) is 16.8 Å². The lowest BCUT2D eigenvalue weighted by Crippen LogP contribution is -2.37. The molecule has 0 saturated carbocycles. The highest BCUT2D eigenvalue weighted by Crippen LogP contribution is 2.31. The maximum Gasteiger partial charge on any atom is 0.433 e. The fourth-order valence-electron chi connectivity index (χ4n) is 3.12. The van der Waals surface area contributed by atoms with E-state index >= 15 is 0 Å². The van der Waals surface area contributed by atoms with Crippen molar-refractivity contribution in [2.24, 2.45) is 5.22 Å². The van der Waals surface area contributed by atoms with Crippen molar-refractivity contribution >= 4 is 11.7 Å². The predicted molar refractivity (Wildman–Crippen MR) is 118 cm³/mol. The molecule has 8 nitrogen and oxygen atoms in total. The van der Waals surface area contributed by atoms with Crippen molar-refractivity contribution in [1.29, 1.82) is 0 Å². The first-order chi connectivity index (χ1) is 14.9. The summed E-state index contributed by atoms with van der Waals surface area (Å²) in [4.78, 5) is 16.8. The zero-order valence-electron chi connectivity index (χ0n) is 18.0. The molecule has 0 spiro atoms. The first-order valence-electron chi connectivity index (χ1n) is 9.72. The number of aryl methyl sites for hydroxylation is 2. The van der Waals surface area contributed by atoms with Crippen LogP contribution in [0.5, 0.6) is 11.5 Å². The maximum atomic E-state index is 12.1. The van der Waals surface area contributed by atoms with Gasteiger partial charge >= 0.3 is 6.03 Å². The minimum absolute atomic E-state index is 0.266. The number of benzene rings is 2. The van der Waals surface area contributed by atoms with E-state index in [1.165, 1.54) is 7.05 Å². The first-order valence-corrected chi connectivity index (χ1v) is 9.72. The zero-order chi connectivity index (χ0) is 22.4. The highest BCUT2D eigenvalue weighted by atomic mass is 16.5. The van der Waals surface area contributed by atoms with Gasteiger partial charge in [-0.15, -0.1) is 0 Å². The third-order valence-corrected chi connectivity index (χ3v) is 4.91. The molecule has 0 aliphatic rings. The lowest BCUT2D eigenvalue weighted by atomic mass is 10.1. The molecule has 1 aromatic heterocycles. The summed E-state index contributed by atoms with van der Waals surface area (Å²) < 4.78 is 11.5. The van der Waals surface area contributed by atoms with E-state index in [1.54, 1.807) is 7.11 Å². The number of para-hydroxylation sites is 1. The standard InChI is InChI=1S/C23H25N5O3/c1-15-8-7-10-19(26-23(29)28(3)27-24)18(15)14-31-21-13-12-20(25-16(21)2)17-9-5-6-11-22(17)30-4/h5-13,24H,14H2,1-4H3,(H,26,29)/p+1. The van der Waals surface area contributed by atoms with Gasteiger partial charge in [-0.1, -0.05) is 29.3 Å². The second kappa shape index (κ2) is 9.71. The Bertz CT molecular complexity index is 1100. The summed E-state index contributed by atoms with van der Waals surface area (Å²) in [6.45, 7) is 4.12. The van der Waals surface area contributed by atoms with Gasteiger partial charge in [0.2, 0.25) is 0 Å². The molecule has 2 aromatic carbocycles. The Morgan fingerprint density at radius 1 is 1.10 bits per heavy atom. The molecule has 0 atom stereocenters. The number of anilines is 1. The number of carbonyl (C=O) groups excluding carboxylic acids is 1. The molecule has 1 heterocycles. The molecule has 0 unspecified atom stereocenters. The number of methoxy groups -OCH3 is 1. The fraction of sp³-hybridized carbons (Fsp3) is 0.217. The van der Waals surface area contributed by atoms with Gasteiger partial charge in [0, 0.05) is 11.1 Å². The maximum absolute atomic E-state index is 12.1. The lowest BCUT2D eigenvalue weighted by Gasteiger charge is -2.16. The van der Waals surface area contributed by atoms with Crippen molar-refractivity contribution in [2.75, 3.05) is 19.5 Å². The third kappa shape index (κ3) is 4.98. The second-order valence-corrected chi connectivity index (χ2v) is 6.94. The van der Waals surface area contributed by atoms with Crippen LogP contribution >= 0.6 is 0 Å². The number of hydrogen-bond donors (Lipinski definition) is 2. The number of nitrogens with two attached hydrogens (primary N) is 1. The average molecular weight is 420 g/mol. The summed E-state index contributed by atoms with van der Waals surface area (Å²) in [5.41, 5.74) is 10.1. The Morgan fingerprint density at radius 3 is 2.58 bits per heavy atom. The van der Waals surface area contributed by atoms with Gasteiger partial charge in [0.25, 0.3) is 0 Å². The second-order valence-electron chi connectivity index (χ2n) is 6.94. The van der Waals surface area contributed by atoms with Crippen LogP contribution in [0.3, 0.4) is 0 Å². The smallest absolute Gasteiger partial charge is 0.433 e. The van der Waals surface area contributed by atoms with E-state index in [4.69, 9.17) is 15.0 Å². The average Bonchev–Trinajstić information content (AvgIpc) is 2.78. The number of hydrogen-bond acceptors (Lipinski definition) is 5. The molecule has 0 aliphatic carbocycles. The SMILES string of the molecule is COc1ccccc1-c1ccc(OCc2c(C)cccc2NC(=O)N(C)N=[NH2+])c(C)n1. The molecule has 0 saturated heterocycles. The van der Waals surface area contributed by atoms with Gasteiger partial charge in [-0.2, -0.15) is 5.53 Å². The Labute approximate surface area is 181 Å². The summed E-state index contributed by atoms with van der Waals surface area (Å²) in [6.07, 6.45) is 0. The lowest BCUT2D eigenvalue weighted by molar-refractivity contribution is -0.248. The number of aromatic nitrogens is 1. The van der Waals surface area contributed by atoms with E-state index in [1.807, 2.05) is 68.4 Å². The molecule has 8 heteroatoms. The number of nitrogens with zero attached hydrogens (tertiary/aromatic N) is 3. The van der Waals surface area contributed by atoms with Crippen LogP contribution in [0.25, 0.3) is 11.3 Å². The van der Waals surface area contributed by atoms with Crippen LogP contribution in [0.4, 0.5) is 10.5 Å². The van der Waals surface area contributed by atoms with Crippen LogP contribution in [-0.2, 0) is 6.61 Å². The Balaban J connectivity index is 1.80. The number of rotatable bonds is 7. The molecule has 0 radical (unpaired) electrons. The summed E-state index contributed by atoms with van der Waals surface area (Å²) in [5, 5.41) is 7.19. The van der Waals surface area contributed by atoms with Crippen molar-refractivity contribution in [1.82, 2.24) is 9.99 Å². The molecule has 3 N–H and O–H groups in total. The van der Waals surface area contributed by atoms with Crippen molar-refractivity contribution in [2.45, 2.75) is 20.5 Å². The van der Waals surface area contributed by atoms with Crippen LogP contribution in [0.2, 0.25) is 0 Å². The zero-order valence-corrected chi connectivity index (χ0v) is 18.0. The van der Waals surface area contributed by atoms with Crippen LogP contribution in [-0.4, -0.2) is 30.2 Å². The predicted octanol–water partition coefficient (Wildman–Crippen LogP) is 3.54. The van der Waals surface area contributed by atoms with Crippen molar-refractivity contribution in [3.05, 3.63) is 71.4 Å². The van der Waals surface area contributed by atoms with E-state index < -0.39 is 6.03 Å². The van der Waals surface area contributed by atoms with Gasteiger partial charge in [-0.25, -0.2) is 9.78 Å². The van der Waals surface area contributed by atoms with E-state index in [-0.39, 0.29) is 6.61 Å². The molecule has 2 amide bonds. The molecule has 31 heavy (non-hydrogen) atoms. The highest BCUT2D eigenvalue weighted by Gasteiger charge is 2.17. The molecular weight excluding hydrogens is 394 g/mol. The normalized spacial score (nSPS) is 10.3. The topological polar surface area (TPSA) is 102 Å². The van der Waals surface area contributed by atoms with Crippen molar-refractivity contribution < 1.29 is 19.8 Å². The molecule has 3 aromatic rings. The van der Waals surface area contributed by atoms with Crippen LogP contribution in [0.15, 0.2) is 59.8 Å². The fourth-order valence-corrected chi connectivity index (χ4v) is 3.12. The molecule has 0 bridgehead atoms. The van der Waals surface area contributed by atoms with E-state index in [9.17, 15) is 4.79 Å². The van der Waals surface area contributed by atoms with Gasteiger partial charge in [0.05, 0.1) is 29.4 Å². The molecule has 160 valence electrons. The number of ether oxygens (including phenoxy) is 2. The molecule has 3 rings (SSSR count). The molecule has 0 fully saturated rings. The van der Waals surface area contributed by atoms with E-state index in [0.29, 0.717) is 11.4 Å². The van der Waals surface area contributed by atoms with Gasteiger partial charge in [0.1, 0.15) is 25.2 Å². The number of carbonyl (C=O) groups is 1. The third-order valence-electron chi connectivity index (χ3n) is 4.91. The Morgan fingerprint density at radius 2 is 1.87 bits per heavy atom. The number of urea groups is 1. The summed E-state index contributed by atoms with van der Waals surface area (Å²) in [5.74, 6) is 1.42. The van der Waals surface area contributed by atoms with Gasteiger partial charge < -0.3 is 9.47 Å². The summed E-state index contributed by atoms with van der Waals surface area (Å²) in [7, 11) is 3.11. The Kier molecular flexibility index (Phi) is 6.81. The Hall–Kier alpha value is -3.94. The molecule has 0 aliphatic heterocycles. The highest BCUT2D eigenvalue weighted by molar-refractivity contribution is 5.89. The van der Waals surface area contributed by atoms with E-state index in [0.717, 1.165) is 38.8 Å². The summed E-state index contributed by atoms with van der Waals surface area (Å²) in [6, 6.07) is 16.7. The minimum Gasteiger partial charge on any atom is -0.496 e. The first kappa shape index (κ1) is 21.8. The van der Waals surface area contributed by atoms with Gasteiger partial charge in [-0.3, -0.25) is 5.32 Å². The summed E-state index contributed by atoms with van der Waals surface area (Å²) >= 11 is 0. The van der Waals surface area contributed by atoms with Gasteiger partial charge in [0.15, 0.2) is 0 Å². The monoisotopic (exact) mass is 420 g/mol. The number of amides is 2. The quantitative estimate of drug-likeness (QED) is 0.451. The molecular formula is C23H26N5O3+. The van der Waals surface area contributed by atoms with Crippen molar-refractivity contribution in [3.63, 3.8) is 0 Å². The largest absolute Gasteiger partial charge is 0.496 e. The number of nitrogens with one attached hydrogen (secondary N) is 1.